The fourth-order valence-corrected chi connectivity index (χ4v) is 2.34. The van der Waals surface area contributed by atoms with E-state index in [-0.39, 0.29) is 0 Å². The predicted octanol–water partition coefficient (Wildman–Crippen LogP) is 1.91. The van der Waals surface area contributed by atoms with E-state index in [0.717, 1.165) is 0 Å². The van der Waals surface area contributed by atoms with Crippen molar-refractivity contribution in [2.45, 2.75) is 12.1 Å². The highest BCUT2D eigenvalue weighted by molar-refractivity contribution is 9.10. The van der Waals surface area contributed by atoms with Crippen molar-refractivity contribution >= 4 is 33.5 Å². The molecule has 2 unspecified atom stereocenters. The zero-order valence-corrected chi connectivity index (χ0v) is 9.49. The number of hydrogen-bond donors (Lipinski definition) is 2. The maximum Gasteiger partial charge on any atom is 0.339 e. The van der Waals surface area contributed by atoms with E-state index < -0.39 is 24.0 Å². The summed E-state index contributed by atoms with van der Waals surface area (Å²) in [6.45, 7) is 0. The molecule has 0 saturated carbocycles. The van der Waals surface area contributed by atoms with Crippen molar-refractivity contribution < 1.29 is 19.1 Å². The normalized spacial score (nSPS) is 20.1. The second kappa shape index (κ2) is 3.86. The van der Waals surface area contributed by atoms with Crippen molar-refractivity contribution in [3.05, 3.63) is 28.2 Å². The molecule has 0 saturated heterocycles. The monoisotopic (exact) mass is 287 g/mol. The first-order chi connectivity index (χ1) is 7.52. The molecule has 1 aliphatic rings. The van der Waals surface area contributed by atoms with E-state index in [1.54, 1.807) is 18.2 Å². The van der Waals surface area contributed by atoms with Crippen LogP contribution >= 0.6 is 15.9 Å². The first-order valence-corrected chi connectivity index (χ1v) is 5.28. The molecule has 1 heterocycles. The quantitative estimate of drug-likeness (QED) is 0.873. The molecule has 2 atom stereocenters. The van der Waals surface area contributed by atoms with Crippen molar-refractivity contribution in [1.29, 1.82) is 0 Å². The number of rotatable bonds is 2. The average molecular weight is 288 g/mol. The van der Waals surface area contributed by atoms with E-state index in [4.69, 9.17) is 5.11 Å². The maximum atomic E-state index is 13.5. The molecule has 1 aromatic carbocycles. The van der Waals surface area contributed by atoms with Crippen LogP contribution in [-0.2, 0) is 9.59 Å². The Labute approximate surface area is 98.6 Å². The Morgan fingerprint density at radius 2 is 2.25 bits per heavy atom. The second-order valence-corrected chi connectivity index (χ2v) is 4.26. The standard InChI is InChI=1S/C10H7BrFNO3/c11-4-2-1-3-5-6(4)7(9(14)13-5)8(12)10(15)16/h1-3,7-8H,(H,13,14)(H,15,16). The Morgan fingerprint density at radius 3 is 2.88 bits per heavy atom. The number of amides is 1. The summed E-state index contributed by atoms with van der Waals surface area (Å²) >= 11 is 3.18. The zero-order chi connectivity index (χ0) is 11.9. The first-order valence-electron chi connectivity index (χ1n) is 4.48. The van der Waals surface area contributed by atoms with Crippen LogP contribution in [0.4, 0.5) is 10.1 Å². The average Bonchev–Trinajstić information content (AvgIpc) is 2.54. The van der Waals surface area contributed by atoms with Crippen LogP contribution in [0.2, 0.25) is 0 Å². The molecule has 0 aliphatic carbocycles. The first kappa shape index (κ1) is 11.1. The Hall–Kier alpha value is -1.43. The summed E-state index contributed by atoms with van der Waals surface area (Å²) in [7, 11) is 0. The fourth-order valence-electron chi connectivity index (χ4n) is 1.73. The largest absolute Gasteiger partial charge is 0.479 e. The van der Waals surface area contributed by atoms with Gasteiger partial charge in [-0.1, -0.05) is 22.0 Å². The third kappa shape index (κ3) is 1.59. The highest BCUT2D eigenvalue weighted by atomic mass is 79.9. The Morgan fingerprint density at radius 1 is 1.56 bits per heavy atom. The van der Waals surface area contributed by atoms with E-state index in [0.29, 0.717) is 15.7 Å². The third-order valence-corrected chi connectivity index (χ3v) is 3.12. The van der Waals surface area contributed by atoms with Gasteiger partial charge in [0.05, 0.1) is 0 Å². The van der Waals surface area contributed by atoms with Gasteiger partial charge in [-0.2, -0.15) is 0 Å². The smallest absolute Gasteiger partial charge is 0.339 e. The van der Waals surface area contributed by atoms with Gasteiger partial charge in [-0.3, -0.25) is 4.79 Å². The number of nitrogens with one attached hydrogen (secondary N) is 1. The summed E-state index contributed by atoms with van der Waals surface area (Å²) in [4.78, 5) is 22.1. The van der Waals surface area contributed by atoms with Gasteiger partial charge >= 0.3 is 5.97 Å². The molecule has 84 valence electrons. The summed E-state index contributed by atoms with van der Waals surface area (Å²) in [5.74, 6) is -3.55. The molecule has 1 aliphatic heterocycles. The van der Waals surface area contributed by atoms with Crippen LogP contribution in [0, 0.1) is 0 Å². The van der Waals surface area contributed by atoms with Gasteiger partial charge in [-0.05, 0) is 12.1 Å². The SMILES string of the molecule is O=C(O)C(F)C1C(=O)Nc2cccc(Br)c21. The molecular weight excluding hydrogens is 281 g/mol. The van der Waals surface area contributed by atoms with Crippen LogP contribution in [0.5, 0.6) is 0 Å². The molecule has 4 nitrogen and oxygen atoms in total. The molecule has 0 spiro atoms. The van der Waals surface area contributed by atoms with Gasteiger partial charge in [-0.15, -0.1) is 0 Å². The topological polar surface area (TPSA) is 66.4 Å². The number of fused-ring (bicyclic) bond motifs is 1. The lowest BCUT2D eigenvalue weighted by Gasteiger charge is -2.11. The van der Waals surface area contributed by atoms with Gasteiger partial charge in [0, 0.05) is 15.7 Å². The maximum absolute atomic E-state index is 13.5. The van der Waals surface area contributed by atoms with Crippen LogP contribution in [-0.4, -0.2) is 23.2 Å². The van der Waals surface area contributed by atoms with Crippen LogP contribution < -0.4 is 5.32 Å². The molecule has 1 aromatic rings. The Balaban J connectivity index is 2.50. The van der Waals surface area contributed by atoms with Gasteiger partial charge in [0.15, 0.2) is 0 Å². The number of hydrogen-bond acceptors (Lipinski definition) is 2. The summed E-state index contributed by atoms with van der Waals surface area (Å²) < 4.78 is 14.0. The van der Waals surface area contributed by atoms with Crippen molar-refractivity contribution in [3.63, 3.8) is 0 Å². The summed E-state index contributed by atoms with van der Waals surface area (Å²) in [5.41, 5.74) is 0.815. The number of carboxylic acid groups (broad SMARTS) is 1. The number of aliphatic carboxylic acids is 1. The van der Waals surface area contributed by atoms with Gasteiger partial charge in [0.2, 0.25) is 12.1 Å². The number of anilines is 1. The minimum atomic E-state index is -2.24. The van der Waals surface area contributed by atoms with Crippen LogP contribution in [0.3, 0.4) is 0 Å². The Kier molecular flexibility index (Phi) is 2.67. The number of carbonyl (C=O) groups excluding carboxylic acids is 1. The van der Waals surface area contributed by atoms with E-state index in [9.17, 15) is 14.0 Å². The highest BCUT2D eigenvalue weighted by Gasteiger charge is 2.42. The van der Waals surface area contributed by atoms with Gasteiger partial charge in [0.1, 0.15) is 5.92 Å². The molecule has 0 fully saturated rings. The molecule has 6 heteroatoms. The van der Waals surface area contributed by atoms with Crippen molar-refractivity contribution in [2.24, 2.45) is 0 Å². The van der Waals surface area contributed by atoms with Crippen LogP contribution in [0.25, 0.3) is 0 Å². The van der Waals surface area contributed by atoms with Crippen molar-refractivity contribution in [3.8, 4) is 0 Å². The number of alkyl halides is 1. The number of carboxylic acids is 1. The zero-order valence-electron chi connectivity index (χ0n) is 7.91. The minimum absolute atomic E-state index is 0.363. The number of benzene rings is 1. The van der Waals surface area contributed by atoms with Crippen molar-refractivity contribution in [1.82, 2.24) is 0 Å². The van der Waals surface area contributed by atoms with Crippen LogP contribution in [0.1, 0.15) is 11.5 Å². The summed E-state index contributed by atoms with van der Waals surface area (Å²) in [5, 5.41) is 11.1. The summed E-state index contributed by atoms with van der Waals surface area (Å²) in [6, 6.07) is 4.92. The van der Waals surface area contributed by atoms with E-state index in [1.165, 1.54) is 0 Å². The fraction of sp³-hybridized carbons (Fsp3) is 0.200. The third-order valence-electron chi connectivity index (χ3n) is 2.43. The highest BCUT2D eigenvalue weighted by Crippen LogP contribution is 2.40. The minimum Gasteiger partial charge on any atom is -0.479 e. The van der Waals surface area contributed by atoms with E-state index >= 15 is 0 Å². The van der Waals surface area contributed by atoms with Gasteiger partial charge in [0.25, 0.3) is 0 Å². The molecule has 16 heavy (non-hydrogen) atoms. The van der Waals surface area contributed by atoms with Gasteiger partial charge < -0.3 is 10.4 Å². The molecule has 0 bridgehead atoms. The number of halogens is 2. The van der Waals surface area contributed by atoms with Crippen molar-refractivity contribution in [2.75, 3.05) is 5.32 Å². The Bertz CT molecular complexity index is 477. The second-order valence-electron chi connectivity index (χ2n) is 3.41. The molecule has 2 rings (SSSR count). The molecule has 1 amide bonds. The van der Waals surface area contributed by atoms with Gasteiger partial charge in [-0.25, -0.2) is 9.18 Å². The molecule has 2 N–H and O–H groups in total. The predicted molar refractivity (Wildman–Crippen MR) is 58.0 cm³/mol. The van der Waals surface area contributed by atoms with E-state index in [2.05, 4.69) is 21.2 Å². The van der Waals surface area contributed by atoms with Crippen LogP contribution in [0.15, 0.2) is 22.7 Å². The lowest BCUT2D eigenvalue weighted by atomic mass is 9.96. The molecule has 0 radical (unpaired) electrons. The lowest BCUT2D eigenvalue weighted by Crippen LogP contribution is -2.28. The summed E-state index contributed by atoms with van der Waals surface area (Å²) in [6.07, 6.45) is -2.24. The number of carbonyl (C=O) groups is 2. The molecular formula is C10H7BrFNO3. The van der Waals surface area contributed by atoms with E-state index in [1.807, 2.05) is 0 Å². The lowest BCUT2D eigenvalue weighted by molar-refractivity contribution is -0.145. The molecule has 0 aromatic heterocycles.